The molecule has 0 radical (unpaired) electrons. The second kappa shape index (κ2) is 16.0. The smallest absolute Gasteiger partial charge is 0.235 e. The molecule has 0 fully saturated rings. The highest BCUT2D eigenvalue weighted by Crippen LogP contribution is 2.55. The highest BCUT2D eigenvalue weighted by atomic mass is 16.5. The first kappa shape index (κ1) is 39.3. The monoisotopic (exact) mass is 843 g/mol. The summed E-state index contributed by atoms with van der Waals surface area (Å²) in [5.74, 6) is 2.10. The topological polar surface area (TPSA) is 44.4 Å². The van der Waals surface area contributed by atoms with Crippen molar-refractivity contribution in [3.63, 3.8) is 0 Å². The van der Waals surface area contributed by atoms with Crippen LogP contribution in [0, 0.1) is 12.8 Å². The predicted octanol–water partition coefficient (Wildman–Crippen LogP) is 14.1. The van der Waals surface area contributed by atoms with E-state index in [0.29, 0.717) is 5.95 Å². The number of ether oxygens (including phenoxy) is 1. The van der Waals surface area contributed by atoms with Gasteiger partial charge >= 0.3 is 0 Å². The molecule has 316 valence electrons. The summed E-state index contributed by atoms with van der Waals surface area (Å²) >= 11 is 0. The van der Waals surface area contributed by atoms with E-state index in [4.69, 9.17) is 14.7 Å². The molecule has 5 nitrogen and oxygen atoms in total. The molecule has 2 aromatic heterocycles. The van der Waals surface area contributed by atoms with Crippen LogP contribution in [0.25, 0.3) is 55.8 Å². The summed E-state index contributed by atoms with van der Waals surface area (Å²) in [6.07, 6.45) is 20.2. The third-order valence-corrected chi connectivity index (χ3v) is 14.1. The SMILES string of the molecule is CCC=CC=CC1CC2=C(O1)c1c(c3ccccc3n1-c1nc(C3C=CC=CC3)c3ccccc3n1)C(c1ccc(-c3ccc4c(c3)[NH+](c3ccccc3)c3ccc(C)cc3-4)cc1)C2C. The molecular formula is C60H51N4O+. The van der Waals surface area contributed by atoms with E-state index in [2.05, 4.69) is 213 Å². The van der Waals surface area contributed by atoms with Crippen LogP contribution in [-0.4, -0.2) is 20.6 Å². The van der Waals surface area contributed by atoms with Gasteiger partial charge in [-0.3, -0.25) is 4.57 Å². The van der Waals surface area contributed by atoms with Gasteiger partial charge in [-0.25, -0.2) is 14.9 Å². The molecule has 2 aliphatic heterocycles. The Morgan fingerprint density at radius 1 is 0.754 bits per heavy atom. The second-order valence-electron chi connectivity index (χ2n) is 18.1. The van der Waals surface area contributed by atoms with Gasteiger partial charge in [0.2, 0.25) is 5.95 Å². The number of para-hydroxylation sites is 3. The molecule has 1 N–H and O–H groups in total. The van der Waals surface area contributed by atoms with Gasteiger partial charge in [0.05, 0.1) is 22.4 Å². The van der Waals surface area contributed by atoms with Crippen molar-refractivity contribution in [1.82, 2.24) is 14.5 Å². The average molecular weight is 844 g/mol. The van der Waals surface area contributed by atoms with Gasteiger partial charge in [0.25, 0.3) is 0 Å². The summed E-state index contributed by atoms with van der Waals surface area (Å²) in [5.41, 5.74) is 18.3. The Morgan fingerprint density at radius 2 is 1.55 bits per heavy atom. The minimum Gasteiger partial charge on any atom is -0.484 e. The van der Waals surface area contributed by atoms with Crippen LogP contribution in [0.4, 0.5) is 17.1 Å². The first-order chi connectivity index (χ1) is 32.0. The minimum absolute atomic E-state index is 0.0657. The molecule has 0 bridgehead atoms. The average Bonchev–Trinajstić information content (AvgIpc) is 4.04. The number of rotatable bonds is 8. The molecular weight excluding hydrogens is 793 g/mol. The van der Waals surface area contributed by atoms with E-state index in [-0.39, 0.29) is 23.9 Å². The Kier molecular flexibility index (Phi) is 9.68. The van der Waals surface area contributed by atoms with Gasteiger partial charge in [-0.1, -0.05) is 153 Å². The fourth-order valence-electron chi connectivity index (χ4n) is 11.1. The molecule has 2 aliphatic carbocycles. The van der Waals surface area contributed by atoms with E-state index in [1.165, 1.54) is 71.9 Å². The van der Waals surface area contributed by atoms with Crippen molar-refractivity contribution in [2.24, 2.45) is 5.92 Å². The third kappa shape index (κ3) is 6.56. The fourth-order valence-corrected chi connectivity index (χ4v) is 11.1. The van der Waals surface area contributed by atoms with Gasteiger partial charge in [-0.15, -0.1) is 0 Å². The normalized spacial score (nSPS) is 20.8. The van der Waals surface area contributed by atoms with Crippen molar-refractivity contribution in [3.05, 3.63) is 222 Å². The van der Waals surface area contributed by atoms with Crippen molar-refractivity contribution in [3.8, 4) is 28.2 Å². The van der Waals surface area contributed by atoms with Crippen LogP contribution < -0.4 is 4.90 Å². The third-order valence-electron chi connectivity index (χ3n) is 14.1. The first-order valence-corrected chi connectivity index (χ1v) is 23.3. The van der Waals surface area contributed by atoms with E-state index in [1.807, 2.05) is 0 Å². The van der Waals surface area contributed by atoms with Crippen molar-refractivity contribution in [2.75, 3.05) is 0 Å². The molecule has 0 spiro atoms. The Labute approximate surface area is 381 Å². The number of aryl methyl sites for hydroxylation is 1. The lowest BCUT2D eigenvalue weighted by Crippen LogP contribution is -2.95. The second-order valence-corrected chi connectivity index (χ2v) is 18.1. The molecule has 12 rings (SSSR count). The Balaban J connectivity index is 0.999. The summed E-state index contributed by atoms with van der Waals surface area (Å²) in [7, 11) is 0. The van der Waals surface area contributed by atoms with Crippen LogP contribution >= 0.6 is 0 Å². The number of nitrogens with zero attached hydrogens (tertiary/aromatic N) is 3. The van der Waals surface area contributed by atoms with Crippen LogP contribution in [0.1, 0.15) is 73.0 Å². The number of quaternary nitrogens is 1. The number of fused-ring (bicyclic) bond motifs is 8. The largest absolute Gasteiger partial charge is 0.484 e. The molecule has 5 atom stereocenters. The Bertz CT molecular complexity index is 3330. The zero-order valence-corrected chi connectivity index (χ0v) is 37.1. The zero-order valence-electron chi connectivity index (χ0n) is 37.1. The standard InChI is InChI=1S/C60H50N4O/c1-4-5-6-13-22-45-37-49-39(3)55(41-30-28-40(29-31-41)43-32-33-46-50-35-38(2)27-34-53(50)63(54(46)36-43)44-20-11-8-12-21-44)56-48-24-15-17-26-52(48)64(58(56)59(49)65-45)60-61-51-25-16-14-23-47(51)57(62-60)42-18-9-7-10-19-42/h5-18,20-36,39,42,45,55H,4,19,37H2,1-3H3/p+1. The summed E-state index contributed by atoms with van der Waals surface area (Å²) in [6, 6.07) is 51.5. The van der Waals surface area contributed by atoms with E-state index in [9.17, 15) is 0 Å². The summed E-state index contributed by atoms with van der Waals surface area (Å²) in [5, 5.41) is 2.30. The van der Waals surface area contributed by atoms with Crippen LogP contribution in [0.5, 0.6) is 0 Å². The zero-order chi connectivity index (χ0) is 43.6. The maximum atomic E-state index is 7.10. The highest BCUT2D eigenvalue weighted by Gasteiger charge is 2.44. The first-order valence-electron chi connectivity index (χ1n) is 23.3. The highest BCUT2D eigenvalue weighted by molar-refractivity contribution is 5.95. The van der Waals surface area contributed by atoms with Gasteiger partial charge in [0.15, 0.2) is 0 Å². The van der Waals surface area contributed by atoms with Crippen LogP contribution in [0.3, 0.4) is 0 Å². The maximum absolute atomic E-state index is 7.10. The molecule has 4 aliphatic rings. The van der Waals surface area contributed by atoms with Gasteiger partial charge in [0, 0.05) is 52.3 Å². The molecule has 5 heteroatoms. The number of benzene rings is 6. The quantitative estimate of drug-likeness (QED) is 0.155. The van der Waals surface area contributed by atoms with Crippen molar-refractivity contribution in [2.45, 2.75) is 58.0 Å². The molecule has 65 heavy (non-hydrogen) atoms. The molecule has 0 amide bonds. The van der Waals surface area contributed by atoms with Gasteiger partial charge in [-0.05, 0) is 96.0 Å². The van der Waals surface area contributed by atoms with Gasteiger partial charge < -0.3 is 4.74 Å². The van der Waals surface area contributed by atoms with E-state index in [0.717, 1.165) is 52.8 Å². The number of aromatic nitrogens is 3. The van der Waals surface area contributed by atoms with Crippen LogP contribution in [0.2, 0.25) is 0 Å². The maximum Gasteiger partial charge on any atom is 0.235 e. The van der Waals surface area contributed by atoms with Crippen molar-refractivity contribution >= 4 is 44.6 Å². The summed E-state index contributed by atoms with van der Waals surface area (Å²) in [4.78, 5) is 12.2. The molecule has 6 aromatic carbocycles. The van der Waals surface area contributed by atoms with E-state index >= 15 is 0 Å². The predicted molar refractivity (Wildman–Crippen MR) is 266 cm³/mol. The van der Waals surface area contributed by atoms with Crippen LogP contribution in [-0.2, 0) is 4.74 Å². The van der Waals surface area contributed by atoms with E-state index in [1.54, 1.807) is 0 Å². The number of nitrogens with one attached hydrogen (secondary N) is 1. The molecule has 4 heterocycles. The molecule has 0 saturated heterocycles. The van der Waals surface area contributed by atoms with Crippen molar-refractivity contribution in [1.29, 1.82) is 0 Å². The summed E-state index contributed by atoms with van der Waals surface area (Å²) < 4.78 is 9.42. The lowest BCUT2D eigenvalue weighted by Gasteiger charge is -2.31. The molecule has 5 unspecified atom stereocenters. The Morgan fingerprint density at radius 3 is 2.38 bits per heavy atom. The number of hydrogen-bond acceptors (Lipinski definition) is 3. The fraction of sp³-hybridized carbons (Fsp3) is 0.167. The van der Waals surface area contributed by atoms with Gasteiger partial charge in [0.1, 0.15) is 28.9 Å². The summed E-state index contributed by atoms with van der Waals surface area (Å²) in [6.45, 7) is 6.76. The van der Waals surface area contributed by atoms with Gasteiger partial charge in [-0.2, -0.15) is 0 Å². The lowest BCUT2D eigenvalue weighted by atomic mass is 9.72. The molecule has 0 saturated carbocycles. The van der Waals surface area contributed by atoms with Crippen molar-refractivity contribution < 1.29 is 9.64 Å². The Hall–Kier alpha value is -7.34. The minimum atomic E-state index is -0.0657. The lowest BCUT2D eigenvalue weighted by molar-refractivity contribution is -0.677. The van der Waals surface area contributed by atoms with Crippen LogP contribution in [0.15, 0.2) is 194 Å². The number of allylic oxidation sites excluding steroid dienone is 7. The molecule has 8 aromatic rings. The number of hydrogen-bond donors (Lipinski definition) is 1. The van der Waals surface area contributed by atoms with E-state index < -0.39 is 0 Å².